The molecule has 0 radical (unpaired) electrons. The molecule has 0 aliphatic carbocycles. The lowest BCUT2D eigenvalue weighted by Crippen LogP contribution is -2.31. The Kier molecular flexibility index (Phi) is 6.04. The highest BCUT2D eigenvalue weighted by molar-refractivity contribution is 7.89. The van der Waals surface area contributed by atoms with Gasteiger partial charge in [0.25, 0.3) is 0 Å². The van der Waals surface area contributed by atoms with E-state index in [-0.39, 0.29) is 25.2 Å². The van der Waals surface area contributed by atoms with Gasteiger partial charge in [0.2, 0.25) is 10.0 Å². The molecule has 0 fully saturated rings. The SMILES string of the molecule is CCNCc1c(F)ccc(S(=O)(=O)N(CC)CC)c1F. The normalized spacial score (nSPS) is 12.1. The Labute approximate surface area is 118 Å². The number of halogens is 2. The third kappa shape index (κ3) is 3.34. The summed E-state index contributed by atoms with van der Waals surface area (Å²) in [5.41, 5.74) is -0.250. The average molecular weight is 306 g/mol. The van der Waals surface area contributed by atoms with Crippen LogP contribution in [-0.2, 0) is 16.6 Å². The van der Waals surface area contributed by atoms with Crippen molar-refractivity contribution in [2.75, 3.05) is 19.6 Å². The molecule has 4 nitrogen and oxygen atoms in total. The van der Waals surface area contributed by atoms with Crippen LogP contribution < -0.4 is 5.32 Å². The molecule has 1 aromatic carbocycles. The minimum atomic E-state index is -3.93. The molecular weight excluding hydrogens is 286 g/mol. The number of hydrogen-bond donors (Lipinski definition) is 1. The Balaban J connectivity index is 3.33. The first-order chi connectivity index (χ1) is 9.39. The molecule has 0 spiro atoms. The molecule has 0 aliphatic heterocycles. The molecule has 114 valence electrons. The quantitative estimate of drug-likeness (QED) is 0.839. The van der Waals surface area contributed by atoms with E-state index < -0.39 is 26.6 Å². The van der Waals surface area contributed by atoms with E-state index in [4.69, 9.17) is 0 Å². The number of benzene rings is 1. The molecule has 1 aromatic rings. The molecule has 0 amide bonds. The van der Waals surface area contributed by atoms with Crippen LogP contribution in [0.15, 0.2) is 17.0 Å². The molecule has 0 saturated heterocycles. The molecule has 0 saturated carbocycles. The molecule has 0 aliphatic rings. The van der Waals surface area contributed by atoms with Crippen LogP contribution in [0.5, 0.6) is 0 Å². The van der Waals surface area contributed by atoms with E-state index in [9.17, 15) is 17.2 Å². The van der Waals surface area contributed by atoms with Crippen molar-refractivity contribution in [1.29, 1.82) is 0 Å². The Morgan fingerprint density at radius 1 is 1.15 bits per heavy atom. The van der Waals surface area contributed by atoms with Gasteiger partial charge in [-0.3, -0.25) is 0 Å². The van der Waals surface area contributed by atoms with Crippen molar-refractivity contribution in [3.8, 4) is 0 Å². The van der Waals surface area contributed by atoms with E-state index >= 15 is 0 Å². The molecule has 0 bridgehead atoms. The predicted molar refractivity (Wildman–Crippen MR) is 73.8 cm³/mol. The summed E-state index contributed by atoms with van der Waals surface area (Å²) in [6, 6.07) is 1.97. The third-order valence-electron chi connectivity index (χ3n) is 3.03. The zero-order chi connectivity index (χ0) is 15.3. The summed E-state index contributed by atoms with van der Waals surface area (Å²) in [7, 11) is -3.93. The monoisotopic (exact) mass is 306 g/mol. The lowest BCUT2D eigenvalue weighted by molar-refractivity contribution is 0.437. The van der Waals surface area contributed by atoms with E-state index in [2.05, 4.69) is 5.32 Å². The molecule has 1 rings (SSSR count). The predicted octanol–water partition coefficient (Wildman–Crippen LogP) is 2.10. The van der Waals surface area contributed by atoms with Crippen molar-refractivity contribution in [1.82, 2.24) is 9.62 Å². The zero-order valence-corrected chi connectivity index (χ0v) is 12.7. The van der Waals surface area contributed by atoms with Crippen LogP contribution in [0.25, 0.3) is 0 Å². The number of nitrogens with zero attached hydrogens (tertiary/aromatic N) is 1. The van der Waals surface area contributed by atoms with Gasteiger partial charge in [0.05, 0.1) is 0 Å². The van der Waals surface area contributed by atoms with Crippen LogP contribution in [0.4, 0.5) is 8.78 Å². The molecule has 0 atom stereocenters. The maximum atomic E-state index is 14.3. The second-order valence-electron chi connectivity index (χ2n) is 4.21. The average Bonchev–Trinajstić information content (AvgIpc) is 2.39. The summed E-state index contributed by atoms with van der Waals surface area (Å²) in [6.07, 6.45) is 0. The van der Waals surface area contributed by atoms with E-state index in [1.165, 1.54) is 0 Å². The van der Waals surface area contributed by atoms with E-state index in [0.717, 1.165) is 16.4 Å². The van der Waals surface area contributed by atoms with E-state index in [1.807, 2.05) is 0 Å². The highest BCUT2D eigenvalue weighted by atomic mass is 32.2. The van der Waals surface area contributed by atoms with E-state index in [0.29, 0.717) is 6.54 Å². The van der Waals surface area contributed by atoms with Crippen molar-refractivity contribution in [3.63, 3.8) is 0 Å². The lowest BCUT2D eigenvalue weighted by atomic mass is 10.2. The lowest BCUT2D eigenvalue weighted by Gasteiger charge is -2.19. The van der Waals surface area contributed by atoms with Gasteiger partial charge in [0.1, 0.15) is 10.7 Å². The number of hydrogen-bond acceptors (Lipinski definition) is 3. The standard InChI is InChI=1S/C13H20F2N2O2S/c1-4-16-9-10-11(14)7-8-12(13(10)15)20(18,19)17(5-2)6-3/h7-8,16H,4-6,9H2,1-3H3. The summed E-state index contributed by atoms with van der Waals surface area (Å²) in [4.78, 5) is -0.476. The van der Waals surface area contributed by atoms with Crippen LogP contribution >= 0.6 is 0 Å². The summed E-state index contributed by atoms with van der Waals surface area (Å²) in [5.74, 6) is -1.76. The Morgan fingerprint density at radius 3 is 2.25 bits per heavy atom. The largest absolute Gasteiger partial charge is 0.313 e. The molecular formula is C13H20F2N2O2S. The van der Waals surface area contributed by atoms with Crippen LogP contribution in [0.3, 0.4) is 0 Å². The van der Waals surface area contributed by atoms with Crippen molar-refractivity contribution in [3.05, 3.63) is 29.3 Å². The molecule has 20 heavy (non-hydrogen) atoms. The summed E-state index contributed by atoms with van der Waals surface area (Å²) in [6.45, 7) is 6.09. The van der Waals surface area contributed by atoms with Crippen molar-refractivity contribution >= 4 is 10.0 Å². The van der Waals surface area contributed by atoms with Crippen LogP contribution in [0.1, 0.15) is 26.3 Å². The van der Waals surface area contributed by atoms with Gasteiger partial charge >= 0.3 is 0 Å². The highest BCUT2D eigenvalue weighted by Crippen LogP contribution is 2.24. The number of rotatable bonds is 7. The second-order valence-corrected chi connectivity index (χ2v) is 6.11. The minimum absolute atomic E-state index is 0.0459. The fourth-order valence-corrected chi connectivity index (χ4v) is 3.44. The van der Waals surface area contributed by atoms with Crippen LogP contribution in [0, 0.1) is 11.6 Å². The maximum Gasteiger partial charge on any atom is 0.245 e. The fourth-order valence-electron chi connectivity index (χ4n) is 1.89. The fraction of sp³-hybridized carbons (Fsp3) is 0.538. The first-order valence-electron chi connectivity index (χ1n) is 6.57. The van der Waals surface area contributed by atoms with Gasteiger partial charge in [-0.15, -0.1) is 0 Å². The van der Waals surface area contributed by atoms with Crippen molar-refractivity contribution < 1.29 is 17.2 Å². The number of nitrogens with one attached hydrogen (secondary N) is 1. The number of sulfonamides is 1. The zero-order valence-electron chi connectivity index (χ0n) is 11.9. The Hall–Kier alpha value is -1.05. The second kappa shape index (κ2) is 7.10. The molecule has 0 unspecified atom stereocenters. The van der Waals surface area contributed by atoms with Gasteiger partial charge in [-0.25, -0.2) is 17.2 Å². The third-order valence-corrected chi connectivity index (χ3v) is 5.09. The first-order valence-corrected chi connectivity index (χ1v) is 8.01. The van der Waals surface area contributed by atoms with Crippen LogP contribution in [-0.4, -0.2) is 32.4 Å². The molecule has 7 heteroatoms. The van der Waals surface area contributed by atoms with Gasteiger partial charge in [-0.1, -0.05) is 20.8 Å². The van der Waals surface area contributed by atoms with Crippen molar-refractivity contribution in [2.45, 2.75) is 32.2 Å². The maximum absolute atomic E-state index is 14.3. The van der Waals surface area contributed by atoms with Gasteiger partial charge < -0.3 is 5.32 Å². The Bertz CT molecular complexity index is 558. The van der Waals surface area contributed by atoms with E-state index in [1.54, 1.807) is 20.8 Å². The summed E-state index contributed by atoms with van der Waals surface area (Å²) >= 11 is 0. The van der Waals surface area contributed by atoms with Gasteiger partial charge in [-0.2, -0.15) is 4.31 Å². The van der Waals surface area contributed by atoms with Gasteiger partial charge in [0, 0.05) is 25.2 Å². The van der Waals surface area contributed by atoms with Crippen LogP contribution in [0.2, 0.25) is 0 Å². The molecule has 1 N–H and O–H groups in total. The Morgan fingerprint density at radius 2 is 1.75 bits per heavy atom. The summed E-state index contributed by atoms with van der Waals surface area (Å²) in [5, 5.41) is 2.79. The molecule has 0 aromatic heterocycles. The van der Waals surface area contributed by atoms with Gasteiger partial charge in [0.15, 0.2) is 5.82 Å². The summed E-state index contributed by atoms with van der Waals surface area (Å²) < 4.78 is 53.6. The topological polar surface area (TPSA) is 49.4 Å². The first kappa shape index (κ1) is 17.0. The molecule has 0 heterocycles. The highest BCUT2D eigenvalue weighted by Gasteiger charge is 2.27. The minimum Gasteiger partial charge on any atom is -0.313 e. The van der Waals surface area contributed by atoms with Crippen molar-refractivity contribution in [2.24, 2.45) is 0 Å². The van der Waals surface area contributed by atoms with Gasteiger partial charge in [-0.05, 0) is 18.7 Å². The smallest absolute Gasteiger partial charge is 0.245 e.